The van der Waals surface area contributed by atoms with Gasteiger partial charge in [0.25, 0.3) is 0 Å². The molecule has 0 spiro atoms. The molecule has 0 heterocycles. The van der Waals surface area contributed by atoms with Gasteiger partial charge in [-0.05, 0) is 85.6 Å². The van der Waals surface area contributed by atoms with Crippen LogP contribution >= 0.6 is 11.6 Å². The monoisotopic (exact) mass is 307 g/mol. The molecule has 0 radical (unpaired) electrons. The van der Waals surface area contributed by atoms with Crippen LogP contribution < -0.4 is 5.32 Å². The van der Waals surface area contributed by atoms with Crippen LogP contribution in [-0.2, 0) is 0 Å². The first-order valence-corrected chi connectivity index (χ1v) is 8.76. The van der Waals surface area contributed by atoms with Gasteiger partial charge in [-0.2, -0.15) is 0 Å². The summed E-state index contributed by atoms with van der Waals surface area (Å²) in [6.07, 6.45) is 5.38. The van der Waals surface area contributed by atoms with E-state index in [9.17, 15) is 4.39 Å². The average Bonchev–Trinajstić information content (AvgIpc) is 2.89. The summed E-state index contributed by atoms with van der Waals surface area (Å²) in [6, 6.07) is 5.05. The van der Waals surface area contributed by atoms with Crippen LogP contribution in [0.3, 0.4) is 0 Å². The van der Waals surface area contributed by atoms with Crippen molar-refractivity contribution in [2.75, 3.05) is 6.54 Å². The lowest BCUT2D eigenvalue weighted by molar-refractivity contribution is 0.369. The number of benzene rings is 1. The van der Waals surface area contributed by atoms with Crippen LogP contribution in [0.2, 0.25) is 5.02 Å². The van der Waals surface area contributed by atoms with Crippen molar-refractivity contribution >= 4 is 11.6 Å². The molecular formula is C18H23ClFN. The molecule has 21 heavy (non-hydrogen) atoms. The third kappa shape index (κ3) is 2.22. The van der Waals surface area contributed by atoms with Crippen LogP contribution in [0.5, 0.6) is 0 Å². The Balaban J connectivity index is 1.62. The van der Waals surface area contributed by atoms with Crippen molar-refractivity contribution in [3.63, 3.8) is 0 Å². The number of hydrogen-bond donors (Lipinski definition) is 1. The maximum Gasteiger partial charge on any atom is 0.123 e. The zero-order chi connectivity index (χ0) is 14.6. The predicted molar refractivity (Wildman–Crippen MR) is 83.7 cm³/mol. The molecule has 0 amide bonds. The second kappa shape index (κ2) is 5.24. The molecule has 1 aromatic rings. The molecule has 3 aliphatic rings. The average molecular weight is 308 g/mol. The topological polar surface area (TPSA) is 12.0 Å². The molecule has 5 unspecified atom stereocenters. The van der Waals surface area contributed by atoms with Crippen LogP contribution in [0, 0.1) is 35.4 Å². The molecule has 0 aromatic heterocycles. The Kier molecular flexibility index (Phi) is 3.50. The number of rotatable bonds is 5. The Morgan fingerprint density at radius 3 is 2.67 bits per heavy atom. The van der Waals surface area contributed by atoms with Crippen molar-refractivity contribution in [3.05, 3.63) is 34.6 Å². The number of halogens is 2. The number of fused-ring (bicyclic) bond motifs is 5. The quantitative estimate of drug-likeness (QED) is 0.823. The van der Waals surface area contributed by atoms with E-state index in [4.69, 9.17) is 11.6 Å². The molecule has 3 fully saturated rings. The smallest absolute Gasteiger partial charge is 0.123 e. The van der Waals surface area contributed by atoms with Gasteiger partial charge in [-0.3, -0.25) is 0 Å². The molecule has 3 heteroatoms. The van der Waals surface area contributed by atoms with Gasteiger partial charge in [-0.15, -0.1) is 0 Å². The van der Waals surface area contributed by atoms with Gasteiger partial charge >= 0.3 is 0 Å². The second-order valence-corrected chi connectivity index (χ2v) is 7.57. The molecular weight excluding hydrogens is 285 g/mol. The van der Waals surface area contributed by atoms with Gasteiger partial charge in [0, 0.05) is 11.1 Å². The summed E-state index contributed by atoms with van der Waals surface area (Å²) in [5, 5.41) is 4.37. The van der Waals surface area contributed by atoms with Crippen LogP contribution in [0.1, 0.15) is 44.2 Å². The van der Waals surface area contributed by atoms with Crippen molar-refractivity contribution < 1.29 is 4.39 Å². The largest absolute Gasteiger partial charge is 0.310 e. The van der Waals surface area contributed by atoms with Gasteiger partial charge < -0.3 is 5.32 Å². The van der Waals surface area contributed by atoms with Crippen LogP contribution in [0.25, 0.3) is 0 Å². The van der Waals surface area contributed by atoms with Crippen LogP contribution in [0.4, 0.5) is 4.39 Å². The minimum Gasteiger partial charge on any atom is -0.310 e. The third-order valence-electron chi connectivity index (χ3n) is 6.09. The summed E-state index contributed by atoms with van der Waals surface area (Å²) < 4.78 is 13.7. The van der Waals surface area contributed by atoms with Gasteiger partial charge in [-0.1, -0.05) is 18.5 Å². The number of hydrogen-bond acceptors (Lipinski definition) is 1. The molecule has 3 saturated carbocycles. The van der Waals surface area contributed by atoms with Crippen LogP contribution in [0.15, 0.2) is 18.2 Å². The Bertz CT molecular complexity index is 530. The normalized spacial score (nSPS) is 37.6. The molecule has 2 bridgehead atoms. The van der Waals surface area contributed by atoms with Gasteiger partial charge in [0.2, 0.25) is 0 Å². The molecule has 1 N–H and O–H groups in total. The second-order valence-electron chi connectivity index (χ2n) is 7.16. The van der Waals surface area contributed by atoms with E-state index in [1.54, 1.807) is 12.1 Å². The van der Waals surface area contributed by atoms with Gasteiger partial charge in [-0.25, -0.2) is 4.39 Å². The highest BCUT2D eigenvalue weighted by atomic mass is 35.5. The van der Waals surface area contributed by atoms with E-state index in [0.29, 0.717) is 10.9 Å². The molecule has 3 aliphatic carbocycles. The van der Waals surface area contributed by atoms with Gasteiger partial charge in [0.05, 0.1) is 0 Å². The third-order valence-corrected chi connectivity index (χ3v) is 6.43. The summed E-state index contributed by atoms with van der Waals surface area (Å²) in [5.41, 5.74) is 0.976. The Morgan fingerprint density at radius 1 is 1.29 bits per heavy atom. The summed E-state index contributed by atoms with van der Waals surface area (Å²) in [7, 11) is 0. The summed E-state index contributed by atoms with van der Waals surface area (Å²) in [5.74, 6) is 4.12. The van der Waals surface area contributed by atoms with Crippen molar-refractivity contribution in [1.29, 1.82) is 0 Å². The highest BCUT2D eigenvalue weighted by Crippen LogP contribution is 2.72. The van der Waals surface area contributed by atoms with Gasteiger partial charge in [0.15, 0.2) is 0 Å². The van der Waals surface area contributed by atoms with Crippen LogP contribution in [-0.4, -0.2) is 6.54 Å². The first-order chi connectivity index (χ1) is 10.2. The van der Waals surface area contributed by atoms with E-state index in [-0.39, 0.29) is 11.9 Å². The minimum absolute atomic E-state index is 0.175. The fourth-order valence-corrected chi connectivity index (χ4v) is 5.58. The van der Waals surface area contributed by atoms with E-state index in [1.165, 1.54) is 25.3 Å². The highest BCUT2D eigenvalue weighted by molar-refractivity contribution is 6.31. The summed E-state index contributed by atoms with van der Waals surface area (Å²) in [6.45, 7) is 3.15. The van der Waals surface area contributed by atoms with Crippen molar-refractivity contribution in [3.8, 4) is 0 Å². The standard InChI is InChI=1S/C18H23ClFN/c1-2-7-21-18(13-9-12(20)5-6-14(13)19)17-15-10-3-4-11(8-10)16(15)17/h5-6,9-11,15-18,21H,2-4,7-8H2,1H3. The lowest BCUT2D eigenvalue weighted by Gasteiger charge is -2.23. The first-order valence-electron chi connectivity index (χ1n) is 8.39. The summed E-state index contributed by atoms with van der Waals surface area (Å²) in [4.78, 5) is 0. The Morgan fingerprint density at radius 2 is 2.00 bits per heavy atom. The molecule has 1 nitrogen and oxygen atoms in total. The Labute approximate surface area is 131 Å². The van der Waals surface area contributed by atoms with E-state index in [2.05, 4.69) is 12.2 Å². The maximum atomic E-state index is 13.7. The molecule has 0 saturated heterocycles. The zero-order valence-corrected chi connectivity index (χ0v) is 13.2. The van der Waals surface area contributed by atoms with Crippen molar-refractivity contribution in [2.24, 2.45) is 29.6 Å². The lowest BCUT2D eigenvalue weighted by Crippen LogP contribution is -2.26. The van der Waals surface area contributed by atoms with Crippen molar-refractivity contribution in [2.45, 2.75) is 38.6 Å². The zero-order valence-electron chi connectivity index (χ0n) is 12.5. The predicted octanol–water partition coefficient (Wildman–Crippen LogP) is 4.81. The molecule has 0 aliphatic heterocycles. The van der Waals surface area contributed by atoms with Crippen molar-refractivity contribution in [1.82, 2.24) is 5.32 Å². The molecule has 5 atom stereocenters. The van der Waals surface area contributed by atoms with E-state index in [1.807, 2.05) is 0 Å². The molecule has 114 valence electrons. The SMILES string of the molecule is CCCNC(c1cc(F)ccc1Cl)C1C2C3CCC(C3)C21. The lowest BCUT2D eigenvalue weighted by atomic mass is 9.92. The van der Waals surface area contributed by atoms with E-state index < -0.39 is 0 Å². The first kappa shape index (κ1) is 14.0. The Hall–Kier alpha value is -0.600. The minimum atomic E-state index is -0.175. The fourth-order valence-electron chi connectivity index (χ4n) is 5.34. The summed E-state index contributed by atoms with van der Waals surface area (Å²) >= 11 is 6.38. The molecule has 1 aromatic carbocycles. The maximum absolute atomic E-state index is 13.7. The highest BCUT2D eigenvalue weighted by Gasteiger charge is 2.66. The fraction of sp³-hybridized carbons (Fsp3) is 0.667. The number of nitrogens with one attached hydrogen (secondary N) is 1. The molecule has 4 rings (SSSR count). The van der Waals surface area contributed by atoms with E-state index >= 15 is 0 Å². The van der Waals surface area contributed by atoms with E-state index in [0.717, 1.165) is 42.2 Å². The van der Waals surface area contributed by atoms with Gasteiger partial charge in [0.1, 0.15) is 5.82 Å².